The van der Waals surface area contributed by atoms with Crippen molar-refractivity contribution in [2.75, 3.05) is 18.4 Å². The number of hydrogen-bond acceptors (Lipinski definition) is 5. The fourth-order valence-corrected chi connectivity index (χ4v) is 1.72. The minimum atomic E-state index is -0.928. The Hall–Kier alpha value is -1.70. The summed E-state index contributed by atoms with van der Waals surface area (Å²) in [6.45, 7) is 4.13. The largest absolute Gasteiger partial charge is 0.481 e. The minimum Gasteiger partial charge on any atom is -0.481 e. The van der Waals surface area contributed by atoms with E-state index in [0.717, 1.165) is 11.5 Å². The van der Waals surface area contributed by atoms with Crippen LogP contribution in [0.25, 0.3) is 0 Å². The molecule has 1 aromatic heterocycles. The summed E-state index contributed by atoms with van der Waals surface area (Å²) in [6, 6.07) is -0.357. The zero-order chi connectivity index (χ0) is 12.8. The molecule has 7 nitrogen and oxygen atoms in total. The van der Waals surface area contributed by atoms with Gasteiger partial charge in [0.05, 0.1) is 6.42 Å². The third kappa shape index (κ3) is 4.35. The molecule has 0 aliphatic carbocycles. The van der Waals surface area contributed by atoms with Gasteiger partial charge in [0.25, 0.3) is 0 Å². The van der Waals surface area contributed by atoms with Crippen LogP contribution in [-0.2, 0) is 4.79 Å². The third-order valence-corrected chi connectivity index (χ3v) is 2.73. The van der Waals surface area contributed by atoms with Crippen molar-refractivity contribution in [1.82, 2.24) is 14.3 Å². The van der Waals surface area contributed by atoms with E-state index in [9.17, 15) is 9.59 Å². The number of carboxylic acids is 1. The number of nitrogens with one attached hydrogen (secondary N) is 1. The fourth-order valence-electron chi connectivity index (χ4n) is 1.15. The first-order valence-corrected chi connectivity index (χ1v) is 5.88. The van der Waals surface area contributed by atoms with Crippen LogP contribution in [0, 0.1) is 6.92 Å². The summed E-state index contributed by atoms with van der Waals surface area (Å²) < 4.78 is 3.93. The quantitative estimate of drug-likeness (QED) is 0.826. The summed E-state index contributed by atoms with van der Waals surface area (Å²) in [7, 11) is 0. The Bertz CT molecular complexity index is 407. The molecule has 0 aliphatic rings. The van der Waals surface area contributed by atoms with E-state index in [0.29, 0.717) is 17.5 Å². The Kier molecular flexibility index (Phi) is 4.83. The number of urea groups is 1. The number of aromatic nitrogens is 2. The Morgan fingerprint density at radius 1 is 1.53 bits per heavy atom. The molecule has 0 spiro atoms. The lowest BCUT2D eigenvalue weighted by Gasteiger charge is -2.19. The highest BCUT2D eigenvalue weighted by molar-refractivity contribution is 7.09. The highest BCUT2D eigenvalue weighted by Gasteiger charge is 2.14. The van der Waals surface area contributed by atoms with Crippen molar-refractivity contribution in [2.45, 2.75) is 20.3 Å². The third-order valence-electron chi connectivity index (χ3n) is 2.01. The van der Waals surface area contributed by atoms with E-state index in [2.05, 4.69) is 14.7 Å². The van der Waals surface area contributed by atoms with Crippen molar-refractivity contribution >= 4 is 28.7 Å². The average molecular weight is 258 g/mol. The smallest absolute Gasteiger partial charge is 0.323 e. The SMILES string of the molecule is CCN(CCC(=O)O)C(=O)Nc1nc(C)ns1. The van der Waals surface area contributed by atoms with E-state index in [-0.39, 0.29) is 19.0 Å². The van der Waals surface area contributed by atoms with Crippen molar-refractivity contribution in [3.05, 3.63) is 5.82 Å². The van der Waals surface area contributed by atoms with Gasteiger partial charge in [0.2, 0.25) is 5.13 Å². The highest BCUT2D eigenvalue weighted by atomic mass is 32.1. The molecule has 0 saturated heterocycles. The minimum absolute atomic E-state index is 0.0730. The van der Waals surface area contributed by atoms with Crippen LogP contribution in [0.5, 0.6) is 0 Å². The highest BCUT2D eigenvalue weighted by Crippen LogP contribution is 2.11. The molecule has 1 aromatic rings. The van der Waals surface area contributed by atoms with Gasteiger partial charge in [-0.25, -0.2) is 9.78 Å². The van der Waals surface area contributed by atoms with Crippen LogP contribution in [0.4, 0.5) is 9.93 Å². The van der Waals surface area contributed by atoms with Crippen LogP contribution in [0.3, 0.4) is 0 Å². The van der Waals surface area contributed by atoms with Crippen LogP contribution >= 0.6 is 11.5 Å². The summed E-state index contributed by atoms with van der Waals surface area (Å²) in [5.74, 6) is -0.332. The van der Waals surface area contributed by atoms with Gasteiger partial charge in [-0.2, -0.15) is 4.37 Å². The number of carboxylic acid groups (broad SMARTS) is 1. The molecular formula is C9H14N4O3S. The predicted octanol–water partition coefficient (Wildman–Crippen LogP) is 1.18. The molecular weight excluding hydrogens is 244 g/mol. The van der Waals surface area contributed by atoms with Crippen molar-refractivity contribution in [2.24, 2.45) is 0 Å². The summed E-state index contributed by atoms with van der Waals surface area (Å²) in [6.07, 6.45) is -0.0730. The topological polar surface area (TPSA) is 95.4 Å². The lowest BCUT2D eigenvalue weighted by molar-refractivity contribution is -0.137. The second kappa shape index (κ2) is 6.14. The number of anilines is 1. The summed E-state index contributed by atoms with van der Waals surface area (Å²) in [4.78, 5) is 27.6. The van der Waals surface area contributed by atoms with Gasteiger partial charge in [-0.15, -0.1) is 0 Å². The van der Waals surface area contributed by atoms with Gasteiger partial charge in [-0.05, 0) is 13.8 Å². The van der Waals surface area contributed by atoms with Gasteiger partial charge in [-0.1, -0.05) is 0 Å². The maximum absolute atomic E-state index is 11.7. The average Bonchev–Trinajstić information content (AvgIpc) is 2.64. The molecule has 0 bridgehead atoms. The van der Waals surface area contributed by atoms with Gasteiger partial charge in [0, 0.05) is 24.6 Å². The van der Waals surface area contributed by atoms with Crippen molar-refractivity contribution < 1.29 is 14.7 Å². The van der Waals surface area contributed by atoms with E-state index in [4.69, 9.17) is 5.11 Å². The van der Waals surface area contributed by atoms with Gasteiger partial charge >= 0.3 is 12.0 Å². The molecule has 0 radical (unpaired) electrons. The Balaban J connectivity index is 2.51. The second-order valence-corrected chi connectivity index (χ2v) is 4.05. The van der Waals surface area contributed by atoms with E-state index in [1.165, 1.54) is 4.90 Å². The van der Waals surface area contributed by atoms with Crippen molar-refractivity contribution in [1.29, 1.82) is 0 Å². The molecule has 1 heterocycles. The number of carbonyl (C=O) groups excluding carboxylic acids is 1. The lowest BCUT2D eigenvalue weighted by atomic mass is 10.4. The fraction of sp³-hybridized carbons (Fsp3) is 0.556. The number of amides is 2. The molecule has 17 heavy (non-hydrogen) atoms. The van der Waals surface area contributed by atoms with Crippen molar-refractivity contribution in [3.8, 4) is 0 Å². The standard InChI is InChI=1S/C9H14N4O3S/c1-3-13(5-4-7(14)15)9(16)11-8-10-6(2)12-17-8/h3-5H2,1-2H3,(H,14,15)(H,10,11,12,16). The first-order chi connectivity index (χ1) is 8.02. The molecule has 2 amide bonds. The Labute approximate surface area is 103 Å². The number of nitrogens with zero attached hydrogens (tertiary/aromatic N) is 3. The number of rotatable bonds is 5. The molecule has 0 saturated carbocycles. The van der Waals surface area contributed by atoms with Crippen LogP contribution in [0.2, 0.25) is 0 Å². The lowest BCUT2D eigenvalue weighted by Crippen LogP contribution is -2.36. The number of aliphatic carboxylic acids is 1. The molecule has 0 aliphatic heterocycles. The van der Waals surface area contributed by atoms with Gasteiger partial charge in [-0.3, -0.25) is 10.1 Å². The first kappa shape index (κ1) is 13.4. The van der Waals surface area contributed by atoms with Gasteiger partial charge < -0.3 is 10.0 Å². The van der Waals surface area contributed by atoms with Crippen LogP contribution < -0.4 is 5.32 Å². The predicted molar refractivity (Wildman–Crippen MR) is 63.2 cm³/mol. The first-order valence-electron chi connectivity index (χ1n) is 5.11. The van der Waals surface area contributed by atoms with E-state index < -0.39 is 5.97 Å². The molecule has 8 heteroatoms. The Morgan fingerprint density at radius 3 is 2.71 bits per heavy atom. The second-order valence-electron chi connectivity index (χ2n) is 3.30. The summed E-state index contributed by atoms with van der Waals surface area (Å²) >= 11 is 1.09. The maximum Gasteiger partial charge on any atom is 0.323 e. The summed E-state index contributed by atoms with van der Waals surface area (Å²) in [5.41, 5.74) is 0. The molecule has 1 rings (SSSR count). The normalized spacial score (nSPS) is 10.0. The number of hydrogen-bond donors (Lipinski definition) is 2. The van der Waals surface area contributed by atoms with E-state index in [1.807, 2.05) is 0 Å². The molecule has 0 unspecified atom stereocenters. The Morgan fingerprint density at radius 2 is 2.24 bits per heavy atom. The van der Waals surface area contributed by atoms with Crippen molar-refractivity contribution in [3.63, 3.8) is 0 Å². The van der Waals surface area contributed by atoms with Crippen LogP contribution in [-0.4, -0.2) is 44.5 Å². The van der Waals surface area contributed by atoms with E-state index >= 15 is 0 Å². The van der Waals surface area contributed by atoms with E-state index in [1.54, 1.807) is 13.8 Å². The van der Waals surface area contributed by atoms with Crippen LogP contribution in [0.15, 0.2) is 0 Å². The molecule has 0 fully saturated rings. The van der Waals surface area contributed by atoms with Gasteiger partial charge in [0.1, 0.15) is 5.82 Å². The monoisotopic (exact) mass is 258 g/mol. The number of aryl methyl sites for hydroxylation is 1. The van der Waals surface area contributed by atoms with Gasteiger partial charge in [0.15, 0.2) is 0 Å². The molecule has 0 aromatic carbocycles. The molecule has 0 atom stereocenters. The zero-order valence-electron chi connectivity index (χ0n) is 9.63. The van der Waals surface area contributed by atoms with Crippen LogP contribution in [0.1, 0.15) is 19.2 Å². The molecule has 94 valence electrons. The zero-order valence-corrected chi connectivity index (χ0v) is 10.5. The number of carbonyl (C=O) groups is 2. The maximum atomic E-state index is 11.7. The summed E-state index contributed by atoms with van der Waals surface area (Å²) in [5, 5.41) is 11.5. The molecule has 2 N–H and O–H groups in total.